The van der Waals surface area contributed by atoms with Crippen LogP contribution in [0.25, 0.3) is 11.0 Å². The van der Waals surface area contributed by atoms with Gasteiger partial charge in [-0.15, -0.1) is 0 Å². The van der Waals surface area contributed by atoms with Crippen molar-refractivity contribution < 1.29 is 14.3 Å². The number of hydrogen-bond acceptors (Lipinski definition) is 3. The first kappa shape index (κ1) is 14.3. The van der Waals surface area contributed by atoms with Crippen LogP contribution in [0, 0.1) is 11.7 Å². The summed E-state index contributed by atoms with van der Waals surface area (Å²) in [4.78, 5) is 15.6. The second kappa shape index (κ2) is 5.48. The van der Waals surface area contributed by atoms with Gasteiger partial charge in [-0.05, 0) is 30.5 Å². The molecule has 2 N–H and O–H groups in total. The molecular formula is C14H18FN3O2. The molecule has 0 aliphatic heterocycles. The van der Waals surface area contributed by atoms with Gasteiger partial charge in [-0.3, -0.25) is 0 Å². The number of carboxylic acids is 1. The Morgan fingerprint density at radius 3 is 2.80 bits per heavy atom. The maximum Gasteiger partial charge on any atom is 0.326 e. The fourth-order valence-electron chi connectivity index (χ4n) is 2.14. The standard InChI is InChI=1S/C14H18FN3O2/c1-8(2)6-11(13(19)20)17-14-16-10-5-4-9(15)7-12(10)18(14)3/h4-5,7-8,11H,6H2,1-3H3,(H,16,17)(H,19,20)/t11-/m0/s1. The number of nitrogens with zero attached hydrogens (tertiary/aromatic N) is 2. The Morgan fingerprint density at radius 1 is 1.50 bits per heavy atom. The van der Waals surface area contributed by atoms with E-state index in [2.05, 4.69) is 10.3 Å². The van der Waals surface area contributed by atoms with Crippen LogP contribution in [-0.2, 0) is 11.8 Å². The number of imidazole rings is 1. The average Bonchev–Trinajstić information content (AvgIpc) is 2.65. The number of anilines is 1. The zero-order chi connectivity index (χ0) is 14.9. The zero-order valence-corrected chi connectivity index (χ0v) is 11.7. The zero-order valence-electron chi connectivity index (χ0n) is 11.7. The Labute approximate surface area is 116 Å². The van der Waals surface area contributed by atoms with E-state index in [1.807, 2.05) is 13.8 Å². The second-order valence-electron chi connectivity index (χ2n) is 5.29. The van der Waals surface area contributed by atoms with Crippen LogP contribution in [-0.4, -0.2) is 26.7 Å². The average molecular weight is 279 g/mol. The van der Waals surface area contributed by atoms with E-state index in [4.69, 9.17) is 0 Å². The van der Waals surface area contributed by atoms with Crippen LogP contribution in [0.2, 0.25) is 0 Å². The van der Waals surface area contributed by atoms with Crippen LogP contribution < -0.4 is 5.32 Å². The lowest BCUT2D eigenvalue weighted by Crippen LogP contribution is -2.31. The predicted molar refractivity (Wildman–Crippen MR) is 75.2 cm³/mol. The lowest BCUT2D eigenvalue weighted by Gasteiger charge is -2.16. The molecule has 0 aliphatic rings. The summed E-state index contributed by atoms with van der Waals surface area (Å²) in [5.74, 6) is -0.588. The molecule has 0 radical (unpaired) electrons. The van der Waals surface area contributed by atoms with E-state index in [1.54, 1.807) is 17.7 Å². The van der Waals surface area contributed by atoms with Gasteiger partial charge in [-0.2, -0.15) is 0 Å². The number of nitrogens with one attached hydrogen (secondary N) is 1. The van der Waals surface area contributed by atoms with E-state index < -0.39 is 12.0 Å². The van der Waals surface area contributed by atoms with Gasteiger partial charge in [0.25, 0.3) is 0 Å². The maximum absolute atomic E-state index is 13.2. The Kier molecular flexibility index (Phi) is 3.92. The third kappa shape index (κ3) is 2.89. The second-order valence-corrected chi connectivity index (χ2v) is 5.29. The molecule has 1 atom stereocenters. The fraction of sp³-hybridized carbons (Fsp3) is 0.429. The van der Waals surface area contributed by atoms with E-state index in [0.717, 1.165) is 0 Å². The molecule has 0 spiro atoms. The van der Waals surface area contributed by atoms with E-state index in [1.165, 1.54) is 12.1 Å². The lowest BCUT2D eigenvalue weighted by atomic mass is 10.0. The first-order valence-electron chi connectivity index (χ1n) is 6.49. The van der Waals surface area contributed by atoms with E-state index in [0.29, 0.717) is 23.4 Å². The molecule has 0 saturated heterocycles. The third-order valence-corrected chi connectivity index (χ3v) is 3.15. The molecule has 20 heavy (non-hydrogen) atoms. The predicted octanol–water partition coefficient (Wildman–Crippen LogP) is 2.62. The van der Waals surface area contributed by atoms with E-state index in [9.17, 15) is 14.3 Å². The molecule has 0 fully saturated rings. The monoisotopic (exact) mass is 279 g/mol. The highest BCUT2D eigenvalue weighted by Crippen LogP contribution is 2.20. The van der Waals surface area contributed by atoms with Crippen molar-refractivity contribution in [3.05, 3.63) is 24.0 Å². The summed E-state index contributed by atoms with van der Waals surface area (Å²) < 4.78 is 14.9. The van der Waals surface area contributed by atoms with Crippen LogP contribution in [0.5, 0.6) is 0 Å². The number of hydrogen-bond donors (Lipinski definition) is 2. The minimum atomic E-state index is -0.920. The van der Waals surface area contributed by atoms with Crippen LogP contribution in [0.15, 0.2) is 18.2 Å². The van der Waals surface area contributed by atoms with Gasteiger partial charge in [0.15, 0.2) is 0 Å². The Hall–Kier alpha value is -2.11. The van der Waals surface area contributed by atoms with Crippen molar-refractivity contribution in [2.45, 2.75) is 26.3 Å². The van der Waals surface area contributed by atoms with Crippen molar-refractivity contribution in [3.8, 4) is 0 Å². The van der Waals surface area contributed by atoms with Crippen molar-refractivity contribution in [1.29, 1.82) is 0 Å². The molecule has 1 aromatic carbocycles. The summed E-state index contributed by atoms with van der Waals surface area (Å²) in [5, 5.41) is 12.2. The van der Waals surface area contributed by atoms with Crippen molar-refractivity contribution in [2.24, 2.45) is 13.0 Å². The first-order chi connectivity index (χ1) is 9.38. The molecule has 0 aliphatic carbocycles. The number of halogens is 1. The Balaban J connectivity index is 2.32. The Bertz CT molecular complexity index is 637. The molecule has 0 unspecified atom stereocenters. The summed E-state index contributed by atoms with van der Waals surface area (Å²) in [7, 11) is 1.73. The van der Waals surface area contributed by atoms with Crippen molar-refractivity contribution in [1.82, 2.24) is 9.55 Å². The Morgan fingerprint density at radius 2 is 2.20 bits per heavy atom. The number of benzene rings is 1. The molecule has 0 bridgehead atoms. The molecule has 2 aromatic rings. The molecular weight excluding hydrogens is 261 g/mol. The van der Waals surface area contributed by atoms with E-state index >= 15 is 0 Å². The number of aromatic nitrogens is 2. The largest absolute Gasteiger partial charge is 0.480 e. The van der Waals surface area contributed by atoms with Gasteiger partial charge in [-0.25, -0.2) is 14.2 Å². The smallest absolute Gasteiger partial charge is 0.326 e. The molecule has 5 nitrogen and oxygen atoms in total. The van der Waals surface area contributed by atoms with Crippen molar-refractivity contribution in [3.63, 3.8) is 0 Å². The van der Waals surface area contributed by atoms with Gasteiger partial charge >= 0.3 is 5.97 Å². The molecule has 1 aromatic heterocycles. The van der Waals surface area contributed by atoms with Crippen LogP contribution in [0.3, 0.4) is 0 Å². The maximum atomic E-state index is 13.2. The number of carbonyl (C=O) groups is 1. The summed E-state index contributed by atoms with van der Waals surface area (Å²) in [6.07, 6.45) is 0.493. The molecule has 108 valence electrons. The van der Waals surface area contributed by atoms with Crippen molar-refractivity contribution >= 4 is 23.0 Å². The van der Waals surface area contributed by atoms with Gasteiger partial charge in [0.05, 0.1) is 11.0 Å². The molecule has 1 heterocycles. The lowest BCUT2D eigenvalue weighted by molar-refractivity contribution is -0.138. The molecule has 2 rings (SSSR count). The number of rotatable bonds is 5. The topological polar surface area (TPSA) is 67.2 Å². The van der Waals surface area contributed by atoms with Gasteiger partial charge in [0, 0.05) is 7.05 Å². The van der Waals surface area contributed by atoms with Gasteiger partial charge in [-0.1, -0.05) is 13.8 Å². The minimum absolute atomic E-state index is 0.246. The highest BCUT2D eigenvalue weighted by molar-refractivity contribution is 5.81. The third-order valence-electron chi connectivity index (χ3n) is 3.15. The fourth-order valence-corrected chi connectivity index (χ4v) is 2.14. The molecule has 0 amide bonds. The quantitative estimate of drug-likeness (QED) is 0.883. The highest BCUT2D eigenvalue weighted by Gasteiger charge is 2.21. The highest BCUT2D eigenvalue weighted by atomic mass is 19.1. The number of fused-ring (bicyclic) bond motifs is 1. The molecule has 0 saturated carbocycles. The van der Waals surface area contributed by atoms with Crippen LogP contribution >= 0.6 is 0 Å². The number of aliphatic carboxylic acids is 1. The van der Waals surface area contributed by atoms with Crippen LogP contribution in [0.1, 0.15) is 20.3 Å². The van der Waals surface area contributed by atoms with Gasteiger partial charge in [0.2, 0.25) is 5.95 Å². The summed E-state index contributed by atoms with van der Waals surface area (Å²) in [5.41, 5.74) is 1.26. The minimum Gasteiger partial charge on any atom is -0.480 e. The summed E-state index contributed by atoms with van der Waals surface area (Å²) in [6.45, 7) is 3.92. The summed E-state index contributed by atoms with van der Waals surface area (Å²) >= 11 is 0. The van der Waals surface area contributed by atoms with Crippen LogP contribution in [0.4, 0.5) is 10.3 Å². The van der Waals surface area contributed by atoms with Crippen molar-refractivity contribution in [2.75, 3.05) is 5.32 Å². The number of carboxylic acid groups (broad SMARTS) is 1. The normalized spacial score (nSPS) is 12.8. The van der Waals surface area contributed by atoms with Gasteiger partial charge < -0.3 is 15.0 Å². The van der Waals surface area contributed by atoms with Gasteiger partial charge in [0.1, 0.15) is 11.9 Å². The SMILES string of the molecule is CC(C)C[C@H](Nc1nc2ccc(F)cc2n1C)C(=O)O. The summed E-state index contributed by atoms with van der Waals surface area (Å²) in [6, 6.07) is 3.58. The van der Waals surface area contributed by atoms with E-state index in [-0.39, 0.29) is 11.7 Å². The molecule has 6 heteroatoms. The number of aryl methyl sites for hydroxylation is 1. The first-order valence-corrected chi connectivity index (χ1v) is 6.49.